The highest BCUT2D eigenvalue weighted by molar-refractivity contribution is 5.30. The molecule has 2 saturated heterocycles. The fraction of sp³-hybridized carbons (Fsp3) is 0.733. The third-order valence-electron chi connectivity index (χ3n) is 3.88. The van der Waals surface area contributed by atoms with Crippen LogP contribution in [-0.4, -0.2) is 66.5 Å². The molecule has 0 unspecified atom stereocenters. The highest BCUT2D eigenvalue weighted by Gasteiger charge is 2.22. The van der Waals surface area contributed by atoms with Gasteiger partial charge < -0.3 is 14.4 Å². The van der Waals surface area contributed by atoms with Gasteiger partial charge in [0.2, 0.25) is 5.95 Å². The number of nitrogens with zero attached hydrogens (tertiary/aromatic N) is 4. The van der Waals surface area contributed by atoms with Crippen molar-refractivity contribution in [2.24, 2.45) is 0 Å². The van der Waals surface area contributed by atoms with Crippen molar-refractivity contribution in [3.63, 3.8) is 0 Å². The molecule has 1 aromatic heterocycles. The van der Waals surface area contributed by atoms with Crippen molar-refractivity contribution in [2.75, 3.05) is 44.3 Å². The third-order valence-corrected chi connectivity index (χ3v) is 3.88. The first-order chi connectivity index (χ1) is 10.2. The van der Waals surface area contributed by atoms with Crippen LogP contribution in [0.3, 0.4) is 0 Å². The molecule has 2 atom stereocenters. The van der Waals surface area contributed by atoms with Crippen LogP contribution in [0.5, 0.6) is 0 Å². The lowest BCUT2D eigenvalue weighted by Crippen LogP contribution is -2.45. The SMILES string of the molecule is C[C@@H]1CN(Cc2ccnc(N3CCOCC3)n2)C[C@H](C)O1. The first-order valence-corrected chi connectivity index (χ1v) is 7.73. The summed E-state index contributed by atoms with van der Waals surface area (Å²) in [4.78, 5) is 13.7. The smallest absolute Gasteiger partial charge is 0.225 e. The molecule has 0 saturated carbocycles. The molecule has 2 aliphatic rings. The van der Waals surface area contributed by atoms with Crippen molar-refractivity contribution < 1.29 is 9.47 Å². The van der Waals surface area contributed by atoms with Gasteiger partial charge in [-0.15, -0.1) is 0 Å². The Morgan fingerprint density at radius 1 is 1.19 bits per heavy atom. The average Bonchev–Trinajstić information content (AvgIpc) is 2.47. The Balaban J connectivity index is 1.65. The number of rotatable bonds is 3. The van der Waals surface area contributed by atoms with Crippen LogP contribution in [0, 0.1) is 0 Å². The van der Waals surface area contributed by atoms with Gasteiger partial charge in [-0.05, 0) is 19.9 Å². The summed E-state index contributed by atoms with van der Waals surface area (Å²) in [5.41, 5.74) is 1.08. The molecule has 0 radical (unpaired) electrons. The standard InChI is InChI=1S/C15H24N4O2/c1-12-9-18(10-13(2)21-12)11-14-3-4-16-15(17-14)19-5-7-20-8-6-19/h3-4,12-13H,5-11H2,1-2H3/t12-,13+. The van der Waals surface area contributed by atoms with Crippen molar-refractivity contribution in [2.45, 2.75) is 32.6 Å². The third kappa shape index (κ3) is 3.90. The predicted octanol–water partition coefficient (Wildman–Crippen LogP) is 0.922. The fourth-order valence-electron chi connectivity index (χ4n) is 3.03. The second-order valence-electron chi connectivity index (χ2n) is 5.90. The van der Waals surface area contributed by atoms with Gasteiger partial charge in [-0.2, -0.15) is 0 Å². The summed E-state index contributed by atoms with van der Waals surface area (Å²) in [6.07, 6.45) is 2.43. The van der Waals surface area contributed by atoms with E-state index in [0.29, 0.717) is 0 Å². The van der Waals surface area contributed by atoms with Crippen molar-refractivity contribution in [3.8, 4) is 0 Å². The Kier molecular flexibility index (Phi) is 4.67. The summed E-state index contributed by atoms with van der Waals surface area (Å²) in [6, 6.07) is 2.01. The Morgan fingerprint density at radius 2 is 1.90 bits per heavy atom. The maximum atomic E-state index is 5.78. The van der Waals surface area contributed by atoms with Gasteiger partial charge in [0.15, 0.2) is 0 Å². The molecule has 3 heterocycles. The summed E-state index contributed by atoms with van der Waals surface area (Å²) in [6.45, 7) is 10.3. The molecule has 1 aromatic rings. The zero-order chi connectivity index (χ0) is 14.7. The number of morpholine rings is 2. The summed E-state index contributed by atoms with van der Waals surface area (Å²) in [5, 5.41) is 0. The van der Waals surface area contributed by atoms with Gasteiger partial charge in [-0.3, -0.25) is 4.90 Å². The first kappa shape index (κ1) is 14.7. The van der Waals surface area contributed by atoms with Crippen LogP contribution in [0.15, 0.2) is 12.3 Å². The van der Waals surface area contributed by atoms with E-state index in [-0.39, 0.29) is 12.2 Å². The van der Waals surface area contributed by atoms with E-state index in [1.807, 2.05) is 12.3 Å². The molecule has 6 nitrogen and oxygen atoms in total. The van der Waals surface area contributed by atoms with Crippen molar-refractivity contribution in [1.82, 2.24) is 14.9 Å². The monoisotopic (exact) mass is 292 g/mol. The molecule has 3 rings (SSSR count). The molecular formula is C15H24N4O2. The Labute approximate surface area is 126 Å². The zero-order valence-corrected chi connectivity index (χ0v) is 12.9. The molecule has 0 spiro atoms. The fourth-order valence-corrected chi connectivity index (χ4v) is 3.03. The summed E-state index contributed by atoms with van der Waals surface area (Å²) in [7, 11) is 0. The summed E-state index contributed by atoms with van der Waals surface area (Å²) in [5.74, 6) is 0.824. The van der Waals surface area contributed by atoms with E-state index in [2.05, 4.69) is 28.6 Å². The van der Waals surface area contributed by atoms with Crippen molar-refractivity contribution >= 4 is 5.95 Å². The highest BCUT2D eigenvalue weighted by atomic mass is 16.5. The van der Waals surface area contributed by atoms with Gasteiger partial charge in [-0.1, -0.05) is 0 Å². The minimum atomic E-state index is 0.286. The molecule has 2 fully saturated rings. The van der Waals surface area contributed by atoms with Crippen LogP contribution in [0.2, 0.25) is 0 Å². The van der Waals surface area contributed by atoms with Gasteiger partial charge in [0.05, 0.1) is 31.1 Å². The largest absolute Gasteiger partial charge is 0.378 e. The number of hydrogen-bond donors (Lipinski definition) is 0. The number of hydrogen-bond acceptors (Lipinski definition) is 6. The molecular weight excluding hydrogens is 268 g/mol. The van der Waals surface area contributed by atoms with E-state index in [0.717, 1.165) is 57.6 Å². The lowest BCUT2D eigenvalue weighted by molar-refractivity contribution is -0.0707. The minimum Gasteiger partial charge on any atom is -0.378 e. The van der Waals surface area contributed by atoms with E-state index >= 15 is 0 Å². The van der Waals surface area contributed by atoms with E-state index in [1.165, 1.54) is 0 Å². The molecule has 0 N–H and O–H groups in total. The Bertz CT molecular complexity index is 455. The van der Waals surface area contributed by atoms with E-state index in [4.69, 9.17) is 14.5 Å². The molecule has 6 heteroatoms. The lowest BCUT2D eigenvalue weighted by atomic mass is 10.2. The highest BCUT2D eigenvalue weighted by Crippen LogP contribution is 2.15. The summed E-state index contributed by atoms with van der Waals surface area (Å²) < 4.78 is 11.2. The van der Waals surface area contributed by atoms with Crippen LogP contribution >= 0.6 is 0 Å². The lowest BCUT2D eigenvalue weighted by Gasteiger charge is -2.35. The number of anilines is 1. The van der Waals surface area contributed by atoms with Gasteiger partial charge >= 0.3 is 0 Å². The first-order valence-electron chi connectivity index (χ1n) is 7.73. The molecule has 2 aliphatic heterocycles. The average molecular weight is 292 g/mol. The molecule has 21 heavy (non-hydrogen) atoms. The second-order valence-corrected chi connectivity index (χ2v) is 5.90. The predicted molar refractivity (Wildman–Crippen MR) is 80.4 cm³/mol. The Hall–Kier alpha value is -1.24. The van der Waals surface area contributed by atoms with Gasteiger partial charge in [0.25, 0.3) is 0 Å². The number of ether oxygens (including phenoxy) is 2. The molecule has 0 aliphatic carbocycles. The topological polar surface area (TPSA) is 50.7 Å². The quantitative estimate of drug-likeness (QED) is 0.826. The second kappa shape index (κ2) is 6.68. The van der Waals surface area contributed by atoms with E-state index in [9.17, 15) is 0 Å². The maximum Gasteiger partial charge on any atom is 0.225 e. The van der Waals surface area contributed by atoms with Crippen LogP contribution < -0.4 is 4.90 Å². The van der Waals surface area contributed by atoms with Crippen LogP contribution in [-0.2, 0) is 16.0 Å². The van der Waals surface area contributed by atoms with Crippen LogP contribution in [0.4, 0.5) is 5.95 Å². The van der Waals surface area contributed by atoms with Crippen molar-refractivity contribution in [1.29, 1.82) is 0 Å². The normalized spacial score (nSPS) is 27.8. The molecule has 116 valence electrons. The van der Waals surface area contributed by atoms with Gasteiger partial charge in [0.1, 0.15) is 0 Å². The minimum absolute atomic E-state index is 0.286. The zero-order valence-electron chi connectivity index (χ0n) is 12.9. The Morgan fingerprint density at radius 3 is 2.62 bits per heavy atom. The van der Waals surface area contributed by atoms with Crippen LogP contribution in [0.1, 0.15) is 19.5 Å². The van der Waals surface area contributed by atoms with Gasteiger partial charge in [0, 0.05) is 38.9 Å². The molecule has 0 bridgehead atoms. The maximum absolute atomic E-state index is 5.78. The molecule has 0 aromatic carbocycles. The summed E-state index contributed by atoms with van der Waals surface area (Å²) >= 11 is 0. The van der Waals surface area contributed by atoms with Gasteiger partial charge in [-0.25, -0.2) is 9.97 Å². The van der Waals surface area contributed by atoms with Crippen LogP contribution in [0.25, 0.3) is 0 Å². The van der Waals surface area contributed by atoms with E-state index in [1.54, 1.807) is 0 Å². The van der Waals surface area contributed by atoms with Crippen molar-refractivity contribution in [3.05, 3.63) is 18.0 Å². The number of aromatic nitrogens is 2. The molecule has 0 amide bonds. The van der Waals surface area contributed by atoms with E-state index < -0.39 is 0 Å².